The van der Waals surface area contributed by atoms with Crippen molar-refractivity contribution < 1.29 is 9.15 Å². The van der Waals surface area contributed by atoms with Gasteiger partial charge in [0, 0.05) is 10.6 Å². The van der Waals surface area contributed by atoms with Crippen molar-refractivity contribution in [2.45, 2.75) is 19.8 Å². The zero-order chi connectivity index (χ0) is 16.2. The Morgan fingerprint density at radius 1 is 1.17 bits per heavy atom. The maximum Gasteiger partial charge on any atom is 0.363 e. The van der Waals surface area contributed by atoms with Gasteiger partial charge in [0.2, 0.25) is 0 Å². The van der Waals surface area contributed by atoms with Crippen molar-refractivity contribution in [1.82, 2.24) is 4.98 Å². The van der Waals surface area contributed by atoms with Gasteiger partial charge in [-0.15, -0.1) is 0 Å². The number of nitrogens with zero attached hydrogens (tertiary/aromatic N) is 1. The highest BCUT2D eigenvalue weighted by Gasteiger charge is 2.10. The Hall–Kier alpha value is -2.33. The van der Waals surface area contributed by atoms with Gasteiger partial charge in [-0.25, -0.2) is 9.78 Å². The lowest BCUT2D eigenvalue weighted by atomic mass is 10.1. The van der Waals surface area contributed by atoms with Crippen molar-refractivity contribution in [2.24, 2.45) is 0 Å². The summed E-state index contributed by atoms with van der Waals surface area (Å²) in [6.45, 7) is 2.80. The zero-order valence-corrected chi connectivity index (χ0v) is 13.5. The fourth-order valence-corrected chi connectivity index (χ4v) is 2.37. The summed E-state index contributed by atoms with van der Waals surface area (Å²) in [7, 11) is 0. The van der Waals surface area contributed by atoms with E-state index in [1.807, 2.05) is 12.1 Å². The molecule has 0 unspecified atom stereocenters. The van der Waals surface area contributed by atoms with E-state index in [-0.39, 0.29) is 5.69 Å². The number of aromatic nitrogens is 1. The third kappa shape index (κ3) is 3.54. The van der Waals surface area contributed by atoms with E-state index >= 15 is 0 Å². The van der Waals surface area contributed by atoms with Gasteiger partial charge in [0.15, 0.2) is 11.3 Å². The number of hydrogen-bond acceptors (Lipinski definition) is 4. The molecule has 0 aliphatic carbocycles. The van der Waals surface area contributed by atoms with Crippen molar-refractivity contribution in [3.8, 4) is 17.0 Å². The quantitative estimate of drug-likeness (QED) is 0.637. The summed E-state index contributed by atoms with van der Waals surface area (Å²) in [5.41, 5.74) is 1.45. The molecule has 118 valence electrons. The maximum atomic E-state index is 12.1. The first-order valence-electron chi connectivity index (χ1n) is 7.51. The average molecular weight is 330 g/mol. The molecular weight excluding hydrogens is 314 g/mol. The van der Waals surface area contributed by atoms with Crippen molar-refractivity contribution in [3.05, 3.63) is 57.9 Å². The van der Waals surface area contributed by atoms with E-state index in [2.05, 4.69) is 11.9 Å². The predicted octanol–water partition coefficient (Wildman–Crippen LogP) is 4.69. The van der Waals surface area contributed by atoms with Gasteiger partial charge < -0.3 is 9.15 Å². The first-order chi connectivity index (χ1) is 11.2. The summed E-state index contributed by atoms with van der Waals surface area (Å²) < 4.78 is 10.9. The highest BCUT2D eigenvalue weighted by atomic mass is 35.5. The number of hydrogen-bond donors (Lipinski definition) is 0. The van der Waals surface area contributed by atoms with Crippen LogP contribution in [0.15, 0.2) is 51.7 Å². The van der Waals surface area contributed by atoms with Crippen molar-refractivity contribution in [2.75, 3.05) is 6.61 Å². The molecule has 1 heterocycles. The lowest BCUT2D eigenvalue weighted by molar-refractivity contribution is 0.309. The van der Waals surface area contributed by atoms with E-state index < -0.39 is 5.63 Å². The molecule has 0 atom stereocenters. The van der Waals surface area contributed by atoms with Gasteiger partial charge in [0.1, 0.15) is 11.3 Å². The molecule has 0 amide bonds. The van der Waals surface area contributed by atoms with E-state index in [1.165, 1.54) is 0 Å². The number of ether oxygens (including phenoxy) is 1. The molecule has 0 radical (unpaired) electrons. The van der Waals surface area contributed by atoms with Crippen LogP contribution in [-0.2, 0) is 0 Å². The highest BCUT2D eigenvalue weighted by Crippen LogP contribution is 2.22. The summed E-state index contributed by atoms with van der Waals surface area (Å²) >= 11 is 5.96. The summed E-state index contributed by atoms with van der Waals surface area (Å²) in [5, 5.41) is 0.546. The molecule has 4 nitrogen and oxygen atoms in total. The van der Waals surface area contributed by atoms with E-state index in [9.17, 15) is 4.79 Å². The second kappa shape index (κ2) is 6.84. The third-order valence-corrected chi connectivity index (χ3v) is 3.68. The van der Waals surface area contributed by atoms with Crippen LogP contribution in [0.25, 0.3) is 22.4 Å². The summed E-state index contributed by atoms with van der Waals surface area (Å²) in [6, 6.07) is 12.2. The Labute approximate surface area is 138 Å². The Bertz CT molecular complexity index is 872. The minimum atomic E-state index is -0.473. The number of unbranched alkanes of at least 4 members (excludes halogenated alkanes) is 1. The van der Waals surface area contributed by atoms with Crippen LogP contribution in [0.1, 0.15) is 19.8 Å². The summed E-state index contributed by atoms with van der Waals surface area (Å²) in [5.74, 6) is 0.774. The molecule has 0 aliphatic heterocycles. The van der Waals surface area contributed by atoms with Crippen LogP contribution < -0.4 is 10.4 Å². The van der Waals surface area contributed by atoms with Crippen LogP contribution in [0, 0.1) is 0 Å². The molecule has 23 heavy (non-hydrogen) atoms. The fourth-order valence-electron chi connectivity index (χ4n) is 2.20. The Morgan fingerprint density at radius 2 is 1.96 bits per heavy atom. The van der Waals surface area contributed by atoms with Crippen molar-refractivity contribution >= 4 is 22.7 Å². The molecule has 0 fully saturated rings. The summed E-state index contributed by atoms with van der Waals surface area (Å²) in [6.07, 6.45) is 2.10. The lowest BCUT2D eigenvalue weighted by Gasteiger charge is -2.06. The van der Waals surface area contributed by atoms with E-state index in [0.29, 0.717) is 28.3 Å². The smallest absolute Gasteiger partial charge is 0.363 e. The standard InChI is InChI=1S/C18H16ClNO3/c1-2-3-10-22-14-7-4-12(5-8-14)17-18(21)23-16-9-6-13(19)11-15(16)20-17/h4-9,11H,2-3,10H2,1H3. The first kappa shape index (κ1) is 15.6. The van der Waals surface area contributed by atoms with Crippen LogP contribution in [-0.4, -0.2) is 11.6 Å². The fraction of sp³-hybridized carbons (Fsp3) is 0.222. The monoisotopic (exact) mass is 329 g/mol. The minimum absolute atomic E-state index is 0.264. The Morgan fingerprint density at radius 3 is 2.70 bits per heavy atom. The molecule has 1 aromatic heterocycles. The Balaban J connectivity index is 1.93. The van der Waals surface area contributed by atoms with Gasteiger partial charge in [-0.05, 0) is 48.9 Å². The molecule has 3 aromatic rings. The Kier molecular flexibility index (Phi) is 4.63. The van der Waals surface area contributed by atoms with Gasteiger partial charge in [0.05, 0.1) is 6.61 Å². The van der Waals surface area contributed by atoms with Crippen LogP contribution in [0.5, 0.6) is 5.75 Å². The zero-order valence-electron chi connectivity index (χ0n) is 12.7. The topological polar surface area (TPSA) is 52.3 Å². The molecular formula is C18H16ClNO3. The molecule has 0 saturated carbocycles. The van der Waals surface area contributed by atoms with Crippen molar-refractivity contribution in [3.63, 3.8) is 0 Å². The van der Waals surface area contributed by atoms with Crippen LogP contribution in [0.2, 0.25) is 5.02 Å². The van der Waals surface area contributed by atoms with Crippen LogP contribution >= 0.6 is 11.6 Å². The number of halogens is 1. The summed E-state index contributed by atoms with van der Waals surface area (Å²) in [4.78, 5) is 16.5. The minimum Gasteiger partial charge on any atom is -0.494 e. The molecule has 0 spiro atoms. The molecule has 0 N–H and O–H groups in total. The van der Waals surface area contributed by atoms with Gasteiger partial charge in [0.25, 0.3) is 0 Å². The van der Waals surface area contributed by atoms with Gasteiger partial charge in [-0.1, -0.05) is 24.9 Å². The normalized spacial score (nSPS) is 10.9. The molecule has 5 heteroatoms. The van der Waals surface area contributed by atoms with Gasteiger partial charge in [-0.3, -0.25) is 0 Å². The SMILES string of the molecule is CCCCOc1ccc(-c2nc3cc(Cl)ccc3oc2=O)cc1. The average Bonchev–Trinajstić information content (AvgIpc) is 2.56. The van der Waals surface area contributed by atoms with Gasteiger partial charge in [-0.2, -0.15) is 0 Å². The van der Waals surface area contributed by atoms with E-state index in [1.54, 1.807) is 30.3 Å². The number of fused-ring (bicyclic) bond motifs is 1. The van der Waals surface area contributed by atoms with Crippen molar-refractivity contribution in [1.29, 1.82) is 0 Å². The lowest BCUT2D eigenvalue weighted by Crippen LogP contribution is -2.06. The molecule has 3 rings (SSSR count). The maximum absolute atomic E-state index is 12.1. The third-order valence-electron chi connectivity index (χ3n) is 3.44. The number of rotatable bonds is 5. The van der Waals surface area contributed by atoms with E-state index in [4.69, 9.17) is 20.8 Å². The second-order valence-electron chi connectivity index (χ2n) is 5.19. The molecule has 0 bridgehead atoms. The molecule has 0 saturated heterocycles. The van der Waals surface area contributed by atoms with Crippen LogP contribution in [0.4, 0.5) is 0 Å². The van der Waals surface area contributed by atoms with Gasteiger partial charge >= 0.3 is 5.63 Å². The molecule has 0 aliphatic rings. The largest absolute Gasteiger partial charge is 0.494 e. The first-order valence-corrected chi connectivity index (χ1v) is 7.89. The van der Waals surface area contributed by atoms with E-state index in [0.717, 1.165) is 18.6 Å². The predicted molar refractivity (Wildman–Crippen MR) is 91.1 cm³/mol. The van der Waals surface area contributed by atoms with Crippen LogP contribution in [0.3, 0.4) is 0 Å². The highest BCUT2D eigenvalue weighted by molar-refractivity contribution is 6.31. The second-order valence-corrected chi connectivity index (χ2v) is 5.62. The number of benzene rings is 2. The molecule has 2 aromatic carbocycles.